The Kier molecular flexibility index (Phi) is 14.7. The first-order valence-electron chi connectivity index (χ1n) is 12.1. The Morgan fingerprint density at radius 2 is 1.25 bits per heavy atom. The van der Waals surface area contributed by atoms with Gasteiger partial charge in [-0.25, -0.2) is 0 Å². The van der Waals surface area contributed by atoms with E-state index >= 15 is 0 Å². The number of hydrogen-bond donors (Lipinski definition) is 3. The number of allylic oxidation sites excluding steroid dienone is 8. The normalized spacial score (nSPS) is 25.2. The molecule has 0 aromatic heterocycles. The lowest BCUT2D eigenvalue weighted by Crippen LogP contribution is -2.53. The van der Waals surface area contributed by atoms with E-state index in [9.17, 15) is 15.3 Å². The number of unbranched alkanes of at least 4 members (excludes halogenated alkanes) is 1. The van der Waals surface area contributed by atoms with Gasteiger partial charge in [0.15, 0.2) is 6.29 Å². The summed E-state index contributed by atoms with van der Waals surface area (Å²) in [5, 5.41) is 28.9. The van der Waals surface area contributed by atoms with Crippen LogP contribution in [0.4, 0.5) is 0 Å². The van der Waals surface area contributed by atoms with Crippen LogP contribution in [0.1, 0.15) is 86.0 Å². The Labute approximate surface area is 195 Å². The highest BCUT2D eigenvalue weighted by Crippen LogP contribution is 2.17. The first-order chi connectivity index (χ1) is 15.2. The average Bonchev–Trinajstić information content (AvgIpc) is 2.73. The number of ether oxygens (including phenoxy) is 2. The van der Waals surface area contributed by atoms with Crippen molar-refractivity contribution in [2.75, 3.05) is 13.2 Å². The van der Waals surface area contributed by atoms with Gasteiger partial charge in [-0.15, -0.1) is 0 Å². The van der Waals surface area contributed by atoms with Gasteiger partial charge in [-0.1, -0.05) is 46.6 Å². The predicted octanol–water partition coefficient (Wildman–Crippen LogP) is 5.37. The minimum atomic E-state index is -1.22. The van der Waals surface area contributed by atoms with E-state index in [1.807, 2.05) is 0 Å². The minimum Gasteiger partial charge on any atom is -0.388 e. The van der Waals surface area contributed by atoms with Crippen LogP contribution in [0.3, 0.4) is 0 Å². The first kappa shape index (κ1) is 28.8. The highest BCUT2D eigenvalue weighted by atomic mass is 16.7. The van der Waals surface area contributed by atoms with Gasteiger partial charge in [0.05, 0.1) is 13.2 Å². The molecule has 1 aliphatic heterocycles. The summed E-state index contributed by atoms with van der Waals surface area (Å²) in [6.07, 6.45) is 13.3. The van der Waals surface area contributed by atoms with Crippen molar-refractivity contribution in [2.45, 2.75) is 111 Å². The molecule has 0 aliphatic carbocycles. The van der Waals surface area contributed by atoms with E-state index in [1.54, 1.807) is 0 Å². The quantitative estimate of drug-likeness (QED) is 0.245. The topological polar surface area (TPSA) is 79.2 Å². The van der Waals surface area contributed by atoms with Crippen LogP contribution in [0.2, 0.25) is 0 Å². The van der Waals surface area contributed by atoms with Crippen molar-refractivity contribution < 1.29 is 24.8 Å². The molecule has 0 bridgehead atoms. The van der Waals surface area contributed by atoms with Crippen molar-refractivity contribution >= 4 is 0 Å². The number of hydrogen-bond acceptors (Lipinski definition) is 5. The smallest absolute Gasteiger partial charge is 0.186 e. The SMILES string of the molecule is CC(C)=CCCC(C)=CCCC(C)=CCCC(C)=CCCCO[C@H]1OC[C@@H](O)[C@H](O)[C@H]1O. The fourth-order valence-corrected chi connectivity index (χ4v) is 3.54. The van der Waals surface area contributed by atoms with Gasteiger partial charge in [0.1, 0.15) is 18.3 Å². The Balaban J connectivity index is 2.16. The van der Waals surface area contributed by atoms with Crippen LogP contribution in [-0.4, -0.2) is 53.1 Å². The molecule has 0 amide bonds. The second-order valence-corrected chi connectivity index (χ2v) is 9.31. The molecule has 0 aromatic carbocycles. The lowest BCUT2D eigenvalue weighted by atomic mass is 10.0. The molecule has 1 heterocycles. The molecule has 0 aromatic rings. The van der Waals surface area contributed by atoms with Crippen molar-refractivity contribution in [1.82, 2.24) is 0 Å². The van der Waals surface area contributed by atoms with Crippen LogP contribution in [0.15, 0.2) is 46.6 Å². The van der Waals surface area contributed by atoms with Crippen molar-refractivity contribution in [3.63, 3.8) is 0 Å². The maximum atomic E-state index is 9.85. The van der Waals surface area contributed by atoms with Crippen molar-refractivity contribution in [3.05, 3.63) is 46.6 Å². The summed E-state index contributed by atoms with van der Waals surface area (Å²) >= 11 is 0. The summed E-state index contributed by atoms with van der Waals surface area (Å²) < 4.78 is 10.7. The maximum absolute atomic E-state index is 9.85. The lowest BCUT2D eigenvalue weighted by Gasteiger charge is -2.34. The van der Waals surface area contributed by atoms with Gasteiger partial charge in [-0.2, -0.15) is 0 Å². The molecule has 0 radical (unpaired) electrons. The summed E-state index contributed by atoms with van der Waals surface area (Å²) in [4.78, 5) is 0. The highest BCUT2D eigenvalue weighted by Gasteiger charge is 2.37. The van der Waals surface area contributed by atoms with E-state index in [1.165, 1.54) is 22.3 Å². The second kappa shape index (κ2) is 16.4. The molecule has 0 saturated carbocycles. The zero-order valence-electron chi connectivity index (χ0n) is 20.8. The highest BCUT2D eigenvalue weighted by molar-refractivity contribution is 5.07. The average molecular weight is 451 g/mol. The van der Waals surface area contributed by atoms with Gasteiger partial charge in [0.2, 0.25) is 0 Å². The molecular weight excluding hydrogens is 404 g/mol. The molecule has 1 fully saturated rings. The third-order valence-corrected chi connectivity index (χ3v) is 5.73. The molecule has 0 spiro atoms. The van der Waals surface area contributed by atoms with Gasteiger partial charge in [-0.3, -0.25) is 0 Å². The summed E-state index contributed by atoms with van der Waals surface area (Å²) in [6.45, 7) is 11.3. The number of rotatable bonds is 14. The molecule has 1 rings (SSSR count). The van der Waals surface area contributed by atoms with Crippen LogP contribution in [0, 0.1) is 0 Å². The van der Waals surface area contributed by atoms with E-state index < -0.39 is 24.6 Å². The van der Waals surface area contributed by atoms with Crippen LogP contribution in [0.25, 0.3) is 0 Å². The van der Waals surface area contributed by atoms with Gasteiger partial charge in [-0.05, 0) is 86.0 Å². The predicted molar refractivity (Wildman–Crippen MR) is 131 cm³/mol. The Hall–Kier alpha value is -1.24. The lowest BCUT2D eigenvalue weighted by molar-refractivity contribution is -0.269. The van der Waals surface area contributed by atoms with Gasteiger partial charge in [0.25, 0.3) is 0 Å². The summed E-state index contributed by atoms with van der Waals surface area (Å²) in [5.74, 6) is 0. The maximum Gasteiger partial charge on any atom is 0.186 e. The van der Waals surface area contributed by atoms with E-state index in [-0.39, 0.29) is 6.61 Å². The first-order valence-corrected chi connectivity index (χ1v) is 12.1. The van der Waals surface area contributed by atoms with Gasteiger partial charge < -0.3 is 24.8 Å². The second-order valence-electron chi connectivity index (χ2n) is 9.31. The third kappa shape index (κ3) is 12.7. The monoisotopic (exact) mass is 450 g/mol. The molecule has 4 atom stereocenters. The third-order valence-electron chi connectivity index (χ3n) is 5.73. The molecule has 5 heteroatoms. The molecule has 5 nitrogen and oxygen atoms in total. The number of aliphatic hydroxyl groups is 3. The van der Waals surface area contributed by atoms with Crippen LogP contribution >= 0.6 is 0 Å². The zero-order valence-corrected chi connectivity index (χ0v) is 20.8. The van der Waals surface area contributed by atoms with E-state index in [4.69, 9.17) is 9.47 Å². The van der Waals surface area contributed by atoms with Crippen LogP contribution in [0.5, 0.6) is 0 Å². The summed E-state index contributed by atoms with van der Waals surface area (Å²) in [6, 6.07) is 0. The zero-order chi connectivity index (χ0) is 23.9. The van der Waals surface area contributed by atoms with Crippen LogP contribution in [-0.2, 0) is 9.47 Å². The van der Waals surface area contributed by atoms with E-state index in [2.05, 4.69) is 58.9 Å². The van der Waals surface area contributed by atoms with E-state index in [0.717, 1.165) is 51.4 Å². The fraction of sp³-hybridized carbons (Fsp3) is 0.704. The molecular formula is C27H46O5. The van der Waals surface area contributed by atoms with Crippen LogP contribution < -0.4 is 0 Å². The Morgan fingerprint density at radius 1 is 0.750 bits per heavy atom. The van der Waals surface area contributed by atoms with Gasteiger partial charge >= 0.3 is 0 Å². The van der Waals surface area contributed by atoms with Crippen molar-refractivity contribution in [2.24, 2.45) is 0 Å². The minimum absolute atomic E-state index is 0.0268. The molecule has 1 saturated heterocycles. The van der Waals surface area contributed by atoms with Crippen molar-refractivity contribution in [1.29, 1.82) is 0 Å². The Bertz CT molecular complexity index is 642. The van der Waals surface area contributed by atoms with Gasteiger partial charge in [0, 0.05) is 0 Å². The summed E-state index contributed by atoms with van der Waals surface area (Å²) in [5.41, 5.74) is 5.70. The van der Waals surface area contributed by atoms with Crippen molar-refractivity contribution in [3.8, 4) is 0 Å². The largest absolute Gasteiger partial charge is 0.388 e. The fourth-order valence-electron chi connectivity index (χ4n) is 3.54. The molecule has 1 aliphatic rings. The van der Waals surface area contributed by atoms with E-state index in [0.29, 0.717) is 6.61 Å². The number of aliphatic hydroxyl groups excluding tert-OH is 3. The molecule has 0 unspecified atom stereocenters. The summed E-state index contributed by atoms with van der Waals surface area (Å²) in [7, 11) is 0. The Morgan fingerprint density at radius 3 is 1.78 bits per heavy atom. The molecule has 32 heavy (non-hydrogen) atoms. The molecule has 3 N–H and O–H groups in total. The standard InChI is InChI=1S/C27H46O5/c1-20(2)11-8-13-22(4)15-10-17-23(5)16-9-14-21(3)12-6-7-18-31-27-26(30)25(29)24(28)19-32-27/h11-12,15-16,24-30H,6-10,13-14,17-19H2,1-5H3/t24-,25+,26-,27+/m1/s1. The molecule has 184 valence electrons.